The molecule has 4 heteroatoms. The molecule has 3 nitrogen and oxygen atoms in total. The van der Waals surface area contributed by atoms with Crippen LogP contribution in [0, 0.1) is 13.8 Å². The third-order valence-electron chi connectivity index (χ3n) is 3.75. The lowest BCUT2D eigenvalue weighted by Gasteiger charge is -2.03. The van der Waals surface area contributed by atoms with Crippen LogP contribution in [-0.4, -0.2) is 11.9 Å². The van der Waals surface area contributed by atoms with Gasteiger partial charge in [-0.1, -0.05) is 48.0 Å². The van der Waals surface area contributed by atoms with E-state index in [0.29, 0.717) is 10.9 Å². The summed E-state index contributed by atoms with van der Waals surface area (Å²) in [6, 6.07) is 15.4. The molecule has 0 atom stereocenters. The Morgan fingerprint density at radius 1 is 1.08 bits per heavy atom. The Balaban J connectivity index is 1.88. The van der Waals surface area contributed by atoms with Gasteiger partial charge in [-0.25, -0.2) is 9.79 Å². The minimum absolute atomic E-state index is 0.195. The summed E-state index contributed by atoms with van der Waals surface area (Å²) in [5.74, 6) is -0.193. The highest BCUT2D eigenvalue weighted by molar-refractivity contribution is 6.33. The summed E-state index contributed by atoms with van der Waals surface area (Å²) < 4.78 is 5.26. The Morgan fingerprint density at radius 3 is 2.54 bits per heavy atom. The van der Waals surface area contributed by atoms with Gasteiger partial charge in [-0.05, 0) is 54.8 Å². The molecule has 0 fully saturated rings. The number of cyclic esters (lactones) is 1. The van der Waals surface area contributed by atoms with Crippen LogP contribution in [0.4, 0.5) is 0 Å². The first-order valence-corrected chi connectivity index (χ1v) is 7.93. The van der Waals surface area contributed by atoms with Crippen molar-refractivity contribution in [3.8, 4) is 0 Å². The van der Waals surface area contributed by atoms with Crippen molar-refractivity contribution < 1.29 is 9.53 Å². The molecule has 120 valence electrons. The lowest BCUT2D eigenvalue weighted by atomic mass is 10.1. The molecule has 0 aromatic heterocycles. The number of nitrogens with zero attached hydrogens (tertiary/aromatic N) is 1. The number of halogens is 1. The summed E-state index contributed by atoms with van der Waals surface area (Å²) in [4.78, 5) is 16.3. The van der Waals surface area contributed by atoms with Crippen molar-refractivity contribution in [2.24, 2.45) is 4.99 Å². The highest BCUT2D eigenvalue weighted by atomic mass is 35.5. The highest BCUT2D eigenvalue weighted by Gasteiger charge is 2.24. The number of hydrogen-bond acceptors (Lipinski definition) is 3. The zero-order chi connectivity index (χ0) is 17.1. The molecular weight excluding hydrogens is 322 g/mol. The second kappa shape index (κ2) is 6.85. The smallest absolute Gasteiger partial charge is 0.363 e. The topological polar surface area (TPSA) is 38.7 Å². The fourth-order valence-electron chi connectivity index (χ4n) is 2.29. The fraction of sp³-hybridized carbons (Fsp3) is 0.100. The van der Waals surface area contributed by atoms with Gasteiger partial charge in [0.1, 0.15) is 0 Å². The Labute approximate surface area is 145 Å². The molecule has 0 aliphatic carbocycles. The third-order valence-corrected chi connectivity index (χ3v) is 3.97. The maximum Gasteiger partial charge on any atom is 0.363 e. The molecule has 0 saturated heterocycles. The van der Waals surface area contributed by atoms with E-state index < -0.39 is 5.97 Å². The quantitative estimate of drug-likeness (QED) is 0.597. The van der Waals surface area contributed by atoms with Gasteiger partial charge < -0.3 is 4.74 Å². The predicted octanol–water partition coefficient (Wildman–Crippen LogP) is 4.77. The molecule has 24 heavy (non-hydrogen) atoms. The summed E-state index contributed by atoms with van der Waals surface area (Å²) >= 11 is 6.21. The number of esters is 1. The second-order valence-electron chi connectivity index (χ2n) is 5.57. The summed E-state index contributed by atoms with van der Waals surface area (Å²) in [6.45, 7) is 4.04. The van der Waals surface area contributed by atoms with Crippen LogP contribution in [0.2, 0.25) is 0 Å². The van der Waals surface area contributed by atoms with Gasteiger partial charge in [0.15, 0.2) is 5.70 Å². The monoisotopic (exact) mass is 337 g/mol. The number of carbonyl (C=O) groups excluding carboxylic acids is 1. The van der Waals surface area contributed by atoms with Gasteiger partial charge in [-0.15, -0.1) is 0 Å². The van der Waals surface area contributed by atoms with Crippen molar-refractivity contribution in [2.75, 3.05) is 0 Å². The molecule has 1 aliphatic rings. The maximum absolute atomic E-state index is 12.0. The SMILES string of the molecule is Cc1ccc(C2=NC(=CC(Cl)=Cc3ccccc3)C(=O)O2)cc1C. The minimum atomic E-state index is -0.497. The Morgan fingerprint density at radius 2 is 1.83 bits per heavy atom. The normalized spacial score (nSPS) is 16.3. The van der Waals surface area contributed by atoms with Gasteiger partial charge in [-0.3, -0.25) is 0 Å². The molecule has 3 rings (SSSR count). The van der Waals surface area contributed by atoms with Crippen molar-refractivity contribution in [3.05, 3.63) is 87.6 Å². The first-order chi connectivity index (χ1) is 11.5. The first kappa shape index (κ1) is 16.2. The molecule has 0 saturated carbocycles. The molecule has 0 bridgehead atoms. The average Bonchev–Trinajstić information content (AvgIpc) is 2.92. The van der Waals surface area contributed by atoms with Crippen LogP contribution in [0.25, 0.3) is 6.08 Å². The van der Waals surface area contributed by atoms with Crippen molar-refractivity contribution in [3.63, 3.8) is 0 Å². The van der Waals surface area contributed by atoms with E-state index in [1.54, 1.807) is 6.08 Å². The zero-order valence-corrected chi connectivity index (χ0v) is 14.2. The van der Waals surface area contributed by atoms with Crippen molar-refractivity contribution in [1.29, 1.82) is 0 Å². The van der Waals surface area contributed by atoms with Crippen LogP contribution in [0.5, 0.6) is 0 Å². The molecule has 0 radical (unpaired) electrons. The zero-order valence-electron chi connectivity index (χ0n) is 13.4. The highest BCUT2D eigenvalue weighted by Crippen LogP contribution is 2.21. The van der Waals surface area contributed by atoms with Gasteiger partial charge in [0.25, 0.3) is 0 Å². The van der Waals surface area contributed by atoms with Crippen LogP contribution in [0.3, 0.4) is 0 Å². The number of ether oxygens (including phenoxy) is 1. The summed E-state index contributed by atoms with van der Waals surface area (Å²) in [7, 11) is 0. The van der Waals surface area contributed by atoms with E-state index in [2.05, 4.69) is 4.99 Å². The lowest BCUT2D eigenvalue weighted by molar-refractivity contribution is -0.130. The van der Waals surface area contributed by atoms with Gasteiger partial charge in [0, 0.05) is 10.6 Å². The van der Waals surface area contributed by atoms with Crippen LogP contribution in [-0.2, 0) is 9.53 Å². The van der Waals surface area contributed by atoms with E-state index in [4.69, 9.17) is 16.3 Å². The van der Waals surface area contributed by atoms with Crippen molar-refractivity contribution >= 4 is 29.5 Å². The maximum atomic E-state index is 12.0. The molecule has 2 aromatic rings. The number of carbonyl (C=O) groups is 1. The Bertz CT molecular complexity index is 880. The molecule has 1 heterocycles. The Kier molecular flexibility index (Phi) is 4.63. The van der Waals surface area contributed by atoms with E-state index >= 15 is 0 Å². The minimum Gasteiger partial charge on any atom is -0.402 e. The van der Waals surface area contributed by atoms with E-state index in [1.807, 2.05) is 62.4 Å². The first-order valence-electron chi connectivity index (χ1n) is 7.55. The number of hydrogen-bond donors (Lipinski definition) is 0. The second-order valence-corrected chi connectivity index (χ2v) is 6.01. The van der Waals surface area contributed by atoms with Gasteiger partial charge in [0.05, 0.1) is 0 Å². The summed E-state index contributed by atoms with van der Waals surface area (Å²) in [5.41, 5.74) is 4.21. The van der Waals surface area contributed by atoms with Gasteiger partial charge >= 0.3 is 5.97 Å². The van der Waals surface area contributed by atoms with E-state index in [0.717, 1.165) is 16.7 Å². The predicted molar refractivity (Wildman–Crippen MR) is 96.9 cm³/mol. The van der Waals surface area contributed by atoms with Crippen LogP contribution in [0.15, 0.2) is 70.3 Å². The molecule has 0 spiro atoms. The lowest BCUT2D eigenvalue weighted by Crippen LogP contribution is -2.05. The number of benzene rings is 2. The average molecular weight is 338 g/mol. The van der Waals surface area contributed by atoms with E-state index in [-0.39, 0.29) is 5.70 Å². The van der Waals surface area contributed by atoms with Crippen molar-refractivity contribution in [2.45, 2.75) is 13.8 Å². The van der Waals surface area contributed by atoms with E-state index in [9.17, 15) is 4.79 Å². The molecular formula is C20H16ClNO2. The Hall–Kier alpha value is -2.65. The van der Waals surface area contributed by atoms with E-state index in [1.165, 1.54) is 11.6 Å². The molecule has 0 amide bonds. The van der Waals surface area contributed by atoms with Gasteiger partial charge in [0.2, 0.25) is 5.90 Å². The molecule has 0 unspecified atom stereocenters. The standard InChI is InChI=1S/C20H16ClNO2/c1-13-8-9-16(10-14(13)2)19-22-18(20(23)24-19)12-17(21)11-15-6-4-3-5-7-15/h3-12H,1-2H3. The van der Waals surface area contributed by atoms with Crippen LogP contribution in [0.1, 0.15) is 22.3 Å². The largest absolute Gasteiger partial charge is 0.402 e. The number of aliphatic imine (C=N–C) groups is 1. The van der Waals surface area contributed by atoms with Crippen molar-refractivity contribution in [1.82, 2.24) is 0 Å². The molecule has 1 aliphatic heterocycles. The number of aryl methyl sites for hydroxylation is 2. The fourth-order valence-corrected chi connectivity index (χ4v) is 2.52. The van der Waals surface area contributed by atoms with Gasteiger partial charge in [-0.2, -0.15) is 0 Å². The summed E-state index contributed by atoms with van der Waals surface area (Å²) in [6.07, 6.45) is 3.29. The van der Waals surface area contributed by atoms with Crippen LogP contribution >= 0.6 is 11.6 Å². The number of rotatable bonds is 3. The molecule has 2 aromatic carbocycles. The van der Waals surface area contributed by atoms with Crippen LogP contribution < -0.4 is 0 Å². The number of allylic oxidation sites excluding steroid dienone is 2. The molecule has 0 N–H and O–H groups in total. The summed E-state index contributed by atoms with van der Waals surface area (Å²) in [5, 5.41) is 0.415. The third kappa shape index (κ3) is 3.63.